The van der Waals surface area contributed by atoms with Gasteiger partial charge < -0.3 is 5.73 Å². The Kier molecular flexibility index (Phi) is 5.20. The lowest BCUT2D eigenvalue weighted by atomic mass is 9.74. The normalized spacial score (nSPS) is 26.1. The summed E-state index contributed by atoms with van der Waals surface area (Å²) in [5.74, 6) is 0.159. The third kappa shape index (κ3) is 3.93. The van der Waals surface area contributed by atoms with Gasteiger partial charge in [-0.2, -0.15) is 0 Å². The van der Waals surface area contributed by atoms with E-state index in [0.717, 1.165) is 25.5 Å². The predicted molar refractivity (Wildman–Crippen MR) is 89.3 cm³/mol. The fourth-order valence-corrected chi connectivity index (χ4v) is 5.27. The van der Waals surface area contributed by atoms with E-state index in [-0.39, 0.29) is 22.3 Å². The molecule has 2 atom stereocenters. The van der Waals surface area contributed by atoms with Crippen LogP contribution in [-0.2, 0) is 19.9 Å². The maximum Gasteiger partial charge on any atom is 0.241 e. The monoisotopic (exact) mass is 360 g/mol. The van der Waals surface area contributed by atoms with E-state index in [2.05, 4.69) is 4.72 Å². The first-order chi connectivity index (χ1) is 10.6. The number of rotatable bonds is 5. The van der Waals surface area contributed by atoms with Gasteiger partial charge in [-0.05, 0) is 43.0 Å². The van der Waals surface area contributed by atoms with Crippen molar-refractivity contribution in [3.8, 4) is 0 Å². The lowest BCUT2D eigenvalue weighted by molar-refractivity contribution is 0.191. The Hall–Kier alpha value is -0.960. The molecule has 130 valence electrons. The third-order valence-electron chi connectivity index (χ3n) is 4.72. The van der Waals surface area contributed by atoms with Crippen molar-refractivity contribution < 1.29 is 16.8 Å². The number of nitrogens with two attached hydrogens (primary N) is 1. The Morgan fingerprint density at radius 3 is 2.17 bits per heavy atom. The average molecular weight is 361 g/mol. The van der Waals surface area contributed by atoms with Crippen molar-refractivity contribution in [1.82, 2.24) is 4.72 Å². The summed E-state index contributed by atoms with van der Waals surface area (Å²) in [6, 6.07) is 5.25. The topological polar surface area (TPSA) is 106 Å². The van der Waals surface area contributed by atoms with Gasteiger partial charge in [-0.25, -0.2) is 21.6 Å². The molecule has 0 bridgehead atoms. The smallest absolute Gasteiger partial charge is 0.241 e. The summed E-state index contributed by atoms with van der Waals surface area (Å²) < 4.78 is 51.0. The van der Waals surface area contributed by atoms with Gasteiger partial charge in [0.25, 0.3) is 0 Å². The first kappa shape index (κ1) is 18.4. The lowest BCUT2D eigenvalue weighted by Gasteiger charge is -2.42. The fourth-order valence-electron chi connectivity index (χ4n) is 3.10. The molecule has 0 aromatic heterocycles. The molecule has 1 aromatic rings. The zero-order valence-electron chi connectivity index (χ0n) is 13.4. The summed E-state index contributed by atoms with van der Waals surface area (Å²) in [5, 5.41) is 0. The van der Waals surface area contributed by atoms with Crippen LogP contribution in [0.5, 0.6) is 0 Å². The Labute approximate surface area is 138 Å². The molecular weight excluding hydrogens is 336 g/mol. The van der Waals surface area contributed by atoms with Gasteiger partial charge in [-0.15, -0.1) is 0 Å². The first-order valence-corrected chi connectivity index (χ1v) is 11.0. The van der Waals surface area contributed by atoms with E-state index < -0.39 is 25.4 Å². The number of hydrogen-bond donors (Lipinski definition) is 2. The highest BCUT2D eigenvalue weighted by molar-refractivity contribution is 7.90. The van der Waals surface area contributed by atoms with Crippen LogP contribution in [0.15, 0.2) is 34.1 Å². The number of nitrogens with one attached hydrogen (secondary N) is 1. The van der Waals surface area contributed by atoms with Gasteiger partial charge in [0.2, 0.25) is 10.0 Å². The molecule has 2 rings (SSSR count). The zero-order valence-corrected chi connectivity index (χ0v) is 15.1. The van der Waals surface area contributed by atoms with Crippen molar-refractivity contribution in [2.24, 2.45) is 11.7 Å². The van der Waals surface area contributed by atoms with Crippen molar-refractivity contribution in [3.05, 3.63) is 24.3 Å². The average Bonchev–Trinajstić information content (AvgIpc) is 2.49. The van der Waals surface area contributed by atoms with Crippen LogP contribution in [-0.4, -0.2) is 35.2 Å². The molecular formula is C15H24N2O4S2. The molecule has 0 radical (unpaired) electrons. The predicted octanol–water partition coefficient (Wildman–Crippen LogP) is 1.28. The molecule has 0 heterocycles. The van der Waals surface area contributed by atoms with Crippen molar-refractivity contribution in [2.75, 3.05) is 12.8 Å². The molecule has 0 spiro atoms. The molecule has 1 aliphatic carbocycles. The van der Waals surface area contributed by atoms with Gasteiger partial charge >= 0.3 is 0 Å². The Bertz CT molecular complexity index is 757. The summed E-state index contributed by atoms with van der Waals surface area (Å²) in [7, 11) is -7.10. The van der Waals surface area contributed by atoms with Crippen LogP contribution in [0.2, 0.25) is 0 Å². The van der Waals surface area contributed by atoms with Gasteiger partial charge in [0.15, 0.2) is 9.84 Å². The highest BCUT2D eigenvalue weighted by Gasteiger charge is 2.40. The molecule has 0 saturated heterocycles. The quantitative estimate of drug-likeness (QED) is 0.822. The zero-order chi connectivity index (χ0) is 17.3. The second-order valence-corrected chi connectivity index (χ2v) is 10.1. The second-order valence-electron chi connectivity index (χ2n) is 6.36. The highest BCUT2D eigenvalue weighted by atomic mass is 32.2. The number of benzene rings is 1. The van der Waals surface area contributed by atoms with Crippen LogP contribution in [0.4, 0.5) is 0 Å². The summed E-state index contributed by atoms with van der Waals surface area (Å²) in [6.45, 7) is 2.26. The van der Waals surface area contributed by atoms with Crippen LogP contribution < -0.4 is 10.5 Å². The summed E-state index contributed by atoms with van der Waals surface area (Å²) in [4.78, 5) is 0.145. The summed E-state index contributed by atoms with van der Waals surface area (Å²) >= 11 is 0. The van der Waals surface area contributed by atoms with E-state index in [1.807, 2.05) is 6.92 Å². The SMILES string of the molecule is CC1CCCCC1(CN)NS(=O)(=O)c1ccc(S(C)(=O)=O)cc1. The van der Waals surface area contributed by atoms with Crippen LogP contribution >= 0.6 is 0 Å². The van der Waals surface area contributed by atoms with Gasteiger partial charge in [-0.3, -0.25) is 0 Å². The first-order valence-electron chi connectivity index (χ1n) is 7.65. The van der Waals surface area contributed by atoms with Gasteiger partial charge in [-0.1, -0.05) is 19.8 Å². The van der Waals surface area contributed by atoms with Crippen LogP contribution in [0.1, 0.15) is 32.6 Å². The molecule has 8 heteroatoms. The third-order valence-corrected chi connectivity index (χ3v) is 7.41. The van der Waals surface area contributed by atoms with E-state index >= 15 is 0 Å². The minimum absolute atomic E-state index is 0.0514. The highest BCUT2D eigenvalue weighted by Crippen LogP contribution is 2.34. The van der Waals surface area contributed by atoms with Crippen LogP contribution in [0.3, 0.4) is 0 Å². The van der Waals surface area contributed by atoms with Gasteiger partial charge in [0, 0.05) is 18.3 Å². The minimum Gasteiger partial charge on any atom is -0.329 e. The summed E-state index contributed by atoms with van der Waals surface area (Å²) in [5.41, 5.74) is 5.26. The Morgan fingerprint density at radius 2 is 1.70 bits per heavy atom. The fraction of sp³-hybridized carbons (Fsp3) is 0.600. The Morgan fingerprint density at radius 1 is 1.13 bits per heavy atom. The maximum absolute atomic E-state index is 12.7. The van der Waals surface area contributed by atoms with E-state index in [4.69, 9.17) is 5.73 Å². The van der Waals surface area contributed by atoms with E-state index in [1.165, 1.54) is 24.3 Å². The molecule has 6 nitrogen and oxygen atoms in total. The molecule has 2 unspecified atom stereocenters. The van der Waals surface area contributed by atoms with E-state index in [1.54, 1.807) is 0 Å². The largest absolute Gasteiger partial charge is 0.329 e. The van der Waals surface area contributed by atoms with Crippen molar-refractivity contribution in [3.63, 3.8) is 0 Å². The standard InChI is InChI=1S/C15H24N2O4S2/c1-12-5-3-4-10-15(12,11-16)17-23(20,21)14-8-6-13(7-9-14)22(2,18)19/h6-9,12,17H,3-5,10-11,16H2,1-2H3. The van der Waals surface area contributed by atoms with E-state index in [0.29, 0.717) is 6.42 Å². The summed E-state index contributed by atoms with van der Waals surface area (Å²) in [6.07, 6.45) is 4.75. The second kappa shape index (κ2) is 6.51. The van der Waals surface area contributed by atoms with Crippen molar-refractivity contribution in [2.45, 2.75) is 47.9 Å². The number of hydrogen-bond acceptors (Lipinski definition) is 5. The van der Waals surface area contributed by atoms with Crippen molar-refractivity contribution >= 4 is 19.9 Å². The molecule has 0 amide bonds. The van der Waals surface area contributed by atoms with Crippen LogP contribution in [0.25, 0.3) is 0 Å². The minimum atomic E-state index is -3.75. The molecule has 1 fully saturated rings. The van der Waals surface area contributed by atoms with E-state index in [9.17, 15) is 16.8 Å². The van der Waals surface area contributed by atoms with Gasteiger partial charge in [0.05, 0.1) is 9.79 Å². The molecule has 0 aliphatic heterocycles. The molecule has 1 aromatic carbocycles. The molecule has 1 saturated carbocycles. The van der Waals surface area contributed by atoms with Crippen LogP contribution in [0, 0.1) is 5.92 Å². The number of sulfonamides is 1. The number of sulfone groups is 1. The molecule has 1 aliphatic rings. The maximum atomic E-state index is 12.7. The molecule has 23 heavy (non-hydrogen) atoms. The Balaban J connectivity index is 2.31. The molecule has 3 N–H and O–H groups in total. The van der Waals surface area contributed by atoms with Gasteiger partial charge in [0.1, 0.15) is 0 Å². The lowest BCUT2D eigenvalue weighted by Crippen LogP contribution is -2.58. The van der Waals surface area contributed by atoms with Crippen molar-refractivity contribution in [1.29, 1.82) is 0 Å².